The molecule has 0 saturated heterocycles. The summed E-state index contributed by atoms with van der Waals surface area (Å²) in [4.78, 5) is 10.7. The van der Waals surface area contributed by atoms with Gasteiger partial charge in [0.25, 0.3) is 0 Å². The van der Waals surface area contributed by atoms with Crippen molar-refractivity contribution in [3.63, 3.8) is 0 Å². The third kappa shape index (κ3) is 8.35. The first-order valence-electron chi connectivity index (χ1n) is 3.68. The second kappa shape index (κ2) is 9.31. The van der Waals surface area contributed by atoms with Crippen LogP contribution in [-0.2, 0) is 11.3 Å². The van der Waals surface area contributed by atoms with Crippen LogP contribution in [0.4, 0.5) is 4.79 Å². The molecular weight excluding hydrogens is 291 g/mol. The Labute approximate surface area is 101 Å². The third-order valence-corrected chi connectivity index (χ3v) is 1.30. The maximum absolute atomic E-state index is 10.2. The number of hydrogen-bond donors (Lipinski definition) is 0. The first kappa shape index (κ1) is 13.8. The zero-order chi connectivity index (χ0) is 10.8. The molecule has 0 amide bonds. The molecule has 14 heavy (non-hydrogen) atoms. The molecule has 0 aliphatic rings. The molecule has 0 heterocycles. The Morgan fingerprint density at radius 1 is 1.36 bits per heavy atom. The molecule has 0 N–H and O–H groups in total. The lowest BCUT2D eigenvalue weighted by Gasteiger charge is -1.98. The first-order valence-corrected chi connectivity index (χ1v) is 5.72. The molecule has 1 rings (SSSR count). The molecule has 0 spiro atoms. The summed E-state index contributed by atoms with van der Waals surface area (Å²) in [7, 11) is 0. The summed E-state index contributed by atoms with van der Waals surface area (Å²) in [6.07, 6.45) is 0. The van der Waals surface area contributed by atoms with E-state index in [2.05, 4.69) is 20.7 Å². The predicted molar refractivity (Wildman–Crippen MR) is 62.1 cm³/mol. The van der Waals surface area contributed by atoms with Crippen molar-refractivity contribution < 1.29 is 9.53 Å². The SMILES string of the molecule is ClCBr.O=C(Cl)OCc1ccccc1. The second-order valence-electron chi connectivity index (χ2n) is 2.11. The van der Waals surface area contributed by atoms with Gasteiger partial charge in [0.15, 0.2) is 0 Å². The standard InChI is InChI=1S/C8H7ClO2.CH2BrCl/c9-8(10)11-6-7-4-2-1-3-5-7;2-1-3/h1-5H,6H2;1H2. The van der Waals surface area contributed by atoms with Crippen molar-refractivity contribution in [3.8, 4) is 0 Å². The minimum atomic E-state index is -0.770. The molecular formula is C9H9BrCl2O2. The maximum atomic E-state index is 10.2. The molecule has 1 aromatic rings. The minimum absolute atomic E-state index is 0.239. The fourth-order valence-corrected chi connectivity index (χ4v) is 0.769. The van der Waals surface area contributed by atoms with Crippen molar-refractivity contribution in [2.45, 2.75) is 6.61 Å². The van der Waals surface area contributed by atoms with E-state index in [0.29, 0.717) is 4.79 Å². The number of carbonyl (C=O) groups excluding carboxylic acids is 1. The summed E-state index contributed by atoms with van der Waals surface area (Å²) in [5.41, 5.74) is 0.162. The molecule has 0 atom stereocenters. The number of hydrogen-bond acceptors (Lipinski definition) is 2. The van der Waals surface area contributed by atoms with Crippen molar-refractivity contribution in [1.82, 2.24) is 0 Å². The van der Waals surface area contributed by atoms with Crippen LogP contribution in [0.25, 0.3) is 0 Å². The van der Waals surface area contributed by atoms with Crippen molar-refractivity contribution in [2.24, 2.45) is 0 Å². The molecule has 0 bridgehead atoms. The van der Waals surface area contributed by atoms with Crippen LogP contribution in [0.1, 0.15) is 5.56 Å². The van der Waals surface area contributed by atoms with E-state index in [1.54, 1.807) is 0 Å². The number of rotatable bonds is 2. The van der Waals surface area contributed by atoms with Gasteiger partial charge in [0.1, 0.15) is 6.61 Å². The smallest absolute Gasteiger partial charge is 0.404 e. The van der Waals surface area contributed by atoms with Crippen molar-refractivity contribution >= 4 is 44.6 Å². The molecule has 0 saturated carbocycles. The topological polar surface area (TPSA) is 26.3 Å². The van der Waals surface area contributed by atoms with Gasteiger partial charge in [0.05, 0.1) is 4.79 Å². The van der Waals surface area contributed by atoms with Gasteiger partial charge >= 0.3 is 5.43 Å². The van der Waals surface area contributed by atoms with Crippen LogP contribution in [0.3, 0.4) is 0 Å². The highest BCUT2D eigenvalue weighted by Gasteiger charge is 1.95. The second-order valence-corrected chi connectivity index (χ2v) is 3.90. The highest BCUT2D eigenvalue weighted by Crippen LogP contribution is 2.01. The number of ether oxygens (including phenoxy) is 1. The van der Waals surface area contributed by atoms with Gasteiger partial charge in [-0.05, 0) is 5.56 Å². The molecule has 0 unspecified atom stereocenters. The lowest BCUT2D eigenvalue weighted by molar-refractivity contribution is 0.167. The third-order valence-electron chi connectivity index (χ3n) is 1.20. The van der Waals surface area contributed by atoms with Gasteiger partial charge in [-0.25, -0.2) is 4.79 Å². The molecule has 5 heteroatoms. The number of alkyl halides is 2. The van der Waals surface area contributed by atoms with Crippen LogP contribution < -0.4 is 0 Å². The Morgan fingerprint density at radius 2 is 1.86 bits per heavy atom. The van der Waals surface area contributed by atoms with E-state index in [1.807, 2.05) is 30.3 Å². The average molecular weight is 300 g/mol. The van der Waals surface area contributed by atoms with Crippen molar-refractivity contribution in [1.29, 1.82) is 0 Å². The summed E-state index contributed by atoms with van der Waals surface area (Å²) in [6, 6.07) is 9.36. The fraction of sp³-hybridized carbons (Fsp3) is 0.222. The Balaban J connectivity index is 0.000000500. The first-order chi connectivity index (χ1) is 6.70. The van der Waals surface area contributed by atoms with Crippen LogP contribution >= 0.6 is 39.1 Å². The molecule has 0 aliphatic carbocycles. The maximum Gasteiger partial charge on any atom is 0.404 e. The Hall–Kier alpha value is -0.250. The molecule has 2 nitrogen and oxygen atoms in total. The van der Waals surface area contributed by atoms with Gasteiger partial charge in [-0.15, -0.1) is 11.6 Å². The van der Waals surface area contributed by atoms with Crippen molar-refractivity contribution in [2.75, 3.05) is 4.79 Å². The van der Waals surface area contributed by atoms with Crippen molar-refractivity contribution in [3.05, 3.63) is 35.9 Å². The number of benzene rings is 1. The van der Waals surface area contributed by atoms with E-state index in [-0.39, 0.29) is 6.61 Å². The predicted octanol–water partition coefficient (Wildman–Crippen LogP) is 4.14. The Bertz CT molecular complexity index is 254. The molecule has 0 radical (unpaired) electrons. The zero-order valence-electron chi connectivity index (χ0n) is 7.25. The van der Waals surface area contributed by atoms with Crippen LogP contribution in [0.2, 0.25) is 0 Å². The van der Waals surface area contributed by atoms with Gasteiger partial charge in [0, 0.05) is 11.6 Å². The van der Waals surface area contributed by atoms with E-state index in [9.17, 15) is 4.79 Å². The quantitative estimate of drug-likeness (QED) is 0.606. The van der Waals surface area contributed by atoms with Crippen LogP contribution in [0.15, 0.2) is 30.3 Å². The lowest BCUT2D eigenvalue weighted by Crippen LogP contribution is -1.93. The molecule has 1 aromatic carbocycles. The summed E-state index contributed by atoms with van der Waals surface area (Å²) in [6.45, 7) is 0.239. The normalized spacial score (nSPS) is 8.50. The minimum Gasteiger partial charge on any atom is -0.449 e. The molecule has 0 aliphatic heterocycles. The zero-order valence-corrected chi connectivity index (χ0v) is 10.3. The monoisotopic (exact) mass is 298 g/mol. The Kier molecular flexibility index (Phi) is 9.14. The van der Waals surface area contributed by atoms with Crippen LogP contribution in [-0.4, -0.2) is 10.2 Å². The average Bonchev–Trinajstić information content (AvgIpc) is 2.18. The molecule has 0 fully saturated rings. The van der Waals surface area contributed by atoms with Gasteiger partial charge in [-0.2, -0.15) is 0 Å². The number of carbonyl (C=O) groups is 1. The van der Waals surface area contributed by atoms with Gasteiger partial charge in [0.2, 0.25) is 0 Å². The lowest BCUT2D eigenvalue weighted by atomic mass is 10.2. The summed E-state index contributed by atoms with van der Waals surface area (Å²) >= 11 is 12.8. The van der Waals surface area contributed by atoms with Gasteiger partial charge < -0.3 is 4.74 Å². The largest absolute Gasteiger partial charge is 0.449 e. The highest BCUT2D eigenvalue weighted by molar-refractivity contribution is 9.09. The van der Waals surface area contributed by atoms with Crippen LogP contribution in [0.5, 0.6) is 0 Å². The Morgan fingerprint density at radius 3 is 2.29 bits per heavy atom. The fourth-order valence-electron chi connectivity index (χ4n) is 0.714. The summed E-state index contributed by atoms with van der Waals surface area (Å²) in [5.74, 6) is 0. The molecule has 78 valence electrons. The van der Waals surface area contributed by atoms with Crippen LogP contribution in [0, 0.1) is 0 Å². The van der Waals surface area contributed by atoms with E-state index in [0.717, 1.165) is 5.56 Å². The van der Waals surface area contributed by atoms with E-state index in [4.69, 9.17) is 23.2 Å². The molecule has 0 aromatic heterocycles. The summed E-state index contributed by atoms with van der Waals surface area (Å²) < 4.78 is 4.55. The number of halogens is 3. The summed E-state index contributed by atoms with van der Waals surface area (Å²) in [5, 5.41) is 0. The van der Waals surface area contributed by atoms with Gasteiger partial charge in [-0.1, -0.05) is 46.3 Å². The van der Waals surface area contributed by atoms with E-state index >= 15 is 0 Å². The van der Waals surface area contributed by atoms with E-state index in [1.165, 1.54) is 0 Å². The van der Waals surface area contributed by atoms with E-state index < -0.39 is 5.43 Å². The van der Waals surface area contributed by atoms with Gasteiger partial charge in [-0.3, -0.25) is 0 Å². The highest BCUT2D eigenvalue weighted by atomic mass is 79.9.